The van der Waals surface area contributed by atoms with Crippen LogP contribution >= 0.6 is 0 Å². The van der Waals surface area contributed by atoms with Crippen LogP contribution in [0.4, 0.5) is 0 Å². The number of carbonyl (C=O) groups excluding carboxylic acids is 1. The molecule has 0 spiro atoms. The van der Waals surface area contributed by atoms with E-state index in [4.69, 9.17) is 9.84 Å². The Morgan fingerprint density at radius 2 is 1.75 bits per heavy atom. The highest BCUT2D eigenvalue weighted by Gasteiger charge is 2.10. The monoisotopic (exact) mass is 230 g/mol. The van der Waals surface area contributed by atoms with Gasteiger partial charge >= 0.3 is 5.97 Å². The standard InChI is InChI=1S/C13H26O3/c1-10(2)6-5-7-11(3)8-9-16-13(15)12(4)14/h10-12,14H,5-9H2,1-4H3. The van der Waals surface area contributed by atoms with Gasteiger partial charge in [0.05, 0.1) is 6.61 Å². The van der Waals surface area contributed by atoms with Crippen LogP contribution < -0.4 is 0 Å². The Hall–Kier alpha value is -0.570. The van der Waals surface area contributed by atoms with E-state index >= 15 is 0 Å². The van der Waals surface area contributed by atoms with Crippen molar-refractivity contribution in [3.05, 3.63) is 0 Å². The van der Waals surface area contributed by atoms with E-state index in [0.717, 1.165) is 12.3 Å². The van der Waals surface area contributed by atoms with Crippen LogP contribution in [-0.2, 0) is 9.53 Å². The molecule has 0 heterocycles. The molecule has 0 aromatic carbocycles. The molecule has 2 atom stereocenters. The van der Waals surface area contributed by atoms with Crippen molar-refractivity contribution in [2.24, 2.45) is 11.8 Å². The molecule has 96 valence electrons. The zero-order valence-electron chi connectivity index (χ0n) is 11.0. The minimum Gasteiger partial charge on any atom is -0.464 e. The van der Waals surface area contributed by atoms with Gasteiger partial charge in [0.15, 0.2) is 0 Å². The zero-order valence-corrected chi connectivity index (χ0v) is 11.0. The topological polar surface area (TPSA) is 46.5 Å². The molecule has 0 aliphatic rings. The van der Waals surface area contributed by atoms with Crippen molar-refractivity contribution in [2.45, 2.75) is 59.5 Å². The molecule has 0 rings (SSSR count). The molecule has 0 radical (unpaired) electrons. The Bertz CT molecular complexity index is 188. The lowest BCUT2D eigenvalue weighted by atomic mass is 9.98. The fraction of sp³-hybridized carbons (Fsp3) is 0.923. The van der Waals surface area contributed by atoms with E-state index in [-0.39, 0.29) is 0 Å². The molecule has 3 heteroatoms. The third-order valence-electron chi connectivity index (χ3n) is 2.67. The highest BCUT2D eigenvalue weighted by molar-refractivity contribution is 5.73. The Morgan fingerprint density at radius 1 is 1.12 bits per heavy atom. The Kier molecular flexibility index (Phi) is 8.26. The Labute approximate surface area is 99.2 Å². The van der Waals surface area contributed by atoms with Crippen LogP contribution in [0, 0.1) is 11.8 Å². The Morgan fingerprint density at radius 3 is 2.25 bits per heavy atom. The van der Waals surface area contributed by atoms with Gasteiger partial charge in [0.2, 0.25) is 0 Å². The van der Waals surface area contributed by atoms with E-state index in [1.165, 1.54) is 26.2 Å². The average molecular weight is 230 g/mol. The van der Waals surface area contributed by atoms with Crippen LogP contribution in [0.5, 0.6) is 0 Å². The SMILES string of the molecule is CC(C)CCCC(C)CCOC(=O)C(C)O. The van der Waals surface area contributed by atoms with Crippen LogP contribution in [0.25, 0.3) is 0 Å². The van der Waals surface area contributed by atoms with Crippen LogP contribution in [-0.4, -0.2) is 23.8 Å². The largest absolute Gasteiger partial charge is 0.464 e. The van der Waals surface area contributed by atoms with Crippen molar-refractivity contribution in [2.75, 3.05) is 6.61 Å². The summed E-state index contributed by atoms with van der Waals surface area (Å²) in [6, 6.07) is 0. The van der Waals surface area contributed by atoms with Gasteiger partial charge in [-0.25, -0.2) is 4.79 Å². The summed E-state index contributed by atoms with van der Waals surface area (Å²) in [5.41, 5.74) is 0. The van der Waals surface area contributed by atoms with Crippen molar-refractivity contribution < 1.29 is 14.6 Å². The number of aliphatic hydroxyl groups is 1. The number of hydrogen-bond donors (Lipinski definition) is 1. The number of aliphatic hydroxyl groups excluding tert-OH is 1. The van der Waals surface area contributed by atoms with Crippen LogP contribution in [0.3, 0.4) is 0 Å². The quantitative estimate of drug-likeness (QED) is 0.652. The van der Waals surface area contributed by atoms with E-state index in [2.05, 4.69) is 20.8 Å². The van der Waals surface area contributed by atoms with Gasteiger partial charge in [-0.3, -0.25) is 0 Å². The maximum Gasteiger partial charge on any atom is 0.334 e. The van der Waals surface area contributed by atoms with Gasteiger partial charge in [0.25, 0.3) is 0 Å². The second kappa shape index (κ2) is 8.57. The van der Waals surface area contributed by atoms with E-state index in [9.17, 15) is 4.79 Å². The summed E-state index contributed by atoms with van der Waals surface area (Å²) in [4.78, 5) is 11.0. The van der Waals surface area contributed by atoms with E-state index in [1.807, 2.05) is 0 Å². The zero-order chi connectivity index (χ0) is 12.6. The lowest BCUT2D eigenvalue weighted by Crippen LogP contribution is -2.20. The number of hydrogen-bond acceptors (Lipinski definition) is 3. The molecule has 0 aromatic heterocycles. The molecule has 0 saturated carbocycles. The van der Waals surface area contributed by atoms with Crippen molar-refractivity contribution in [1.82, 2.24) is 0 Å². The predicted molar refractivity (Wildman–Crippen MR) is 65.1 cm³/mol. The van der Waals surface area contributed by atoms with Gasteiger partial charge in [-0.15, -0.1) is 0 Å². The normalized spacial score (nSPS) is 14.9. The molecule has 0 aliphatic heterocycles. The molecule has 0 amide bonds. The van der Waals surface area contributed by atoms with Gasteiger partial charge in [0, 0.05) is 0 Å². The predicted octanol–water partition coefficient (Wildman–Crippen LogP) is 2.76. The molecule has 0 aromatic rings. The van der Waals surface area contributed by atoms with Gasteiger partial charge in [-0.1, -0.05) is 40.0 Å². The number of ether oxygens (including phenoxy) is 1. The van der Waals surface area contributed by atoms with Crippen molar-refractivity contribution in [3.63, 3.8) is 0 Å². The minimum absolute atomic E-state index is 0.423. The van der Waals surface area contributed by atoms with Crippen molar-refractivity contribution in [3.8, 4) is 0 Å². The highest BCUT2D eigenvalue weighted by atomic mass is 16.5. The molecule has 1 N–H and O–H groups in total. The molecule has 0 bridgehead atoms. The van der Waals surface area contributed by atoms with Gasteiger partial charge in [0.1, 0.15) is 6.10 Å². The first-order valence-corrected chi connectivity index (χ1v) is 6.28. The third kappa shape index (κ3) is 8.72. The van der Waals surface area contributed by atoms with E-state index < -0.39 is 12.1 Å². The molecule has 16 heavy (non-hydrogen) atoms. The summed E-state index contributed by atoms with van der Waals surface area (Å²) in [6.45, 7) is 8.49. The van der Waals surface area contributed by atoms with Crippen LogP contribution in [0.1, 0.15) is 53.4 Å². The third-order valence-corrected chi connectivity index (χ3v) is 2.67. The number of esters is 1. The summed E-state index contributed by atoms with van der Waals surface area (Å²) in [5.74, 6) is 0.829. The second-order valence-electron chi connectivity index (χ2n) is 5.06. The first-order valence-electron chi connectivity index (χ1n) is 6.28. The molecule has 0 saturated heterocycles. The number of rotatable bonds is 8. The molecule has 0 fully saturated rings. The maximum atomic E-state index is 11.0. The van der Waals surface area contributed by atoms with Crippen molar-refractivity contribution >= 4 is 5.97 Å². The van der Waals surface area contributed by atoms with Crippen LogP contribution in [0.2, 0.25) is 0 Å². The van der Waals surface area contributed by atoms with Crippen LogP contribution in [0.15, 0.2) is 0 Å². The summed E-state index contributed by atoms with van der Waals surface area (Å²) in [6.07, 6.45) is 3.57. The van der Waals surface area contributed by atoms with Gasteiger partial charge < -0.3 is 9.84 Å². The fourth-order valence-electron chi connectivity index (χ4n) is 1.50. The Balaban J connectivity index is 3.43. The lowest BCUT2D eigenvalue weighted by Gasteiger charge is -2.13. The second-order valence-corrected chi connectivity index (χ2v) is 5.06. The average Bonchev–Trinajstić information content (AvgIpc) is 2.16. The molecule has 0 aliphatic carbocycles. The van der Waals surface area contributed by atoms with Crippen molar-refractivity contribution in [1.29, 1.82) is 0 Å². The van der Waals surface area contributed by atoms with Gasteiger partial charge in [-0.2, -0.15) is 0 Å². The van der Waals surface area contributed by atoms with E-state index in [0.29, 0.717) is 12.5 Å². The summed E-state index contributed by atoms with van der Waals surface area (Å²) < 4.78 is 4.91. The first-order chi connectivity index (χ1) is 7.43. The first kappa shape index (κ1) is 15.4. The maximum absolute atomic E-state index is 11.0. The van der Waals surface area contributed by atoms with E-state index in [1.54, 1.807) is 0 Å². The summed E-state index contributed by atoms with van der Waals surface area (Å²) >= 11 is 0. The lowest BCUT2D eigenvalue weighted by molar-refractivity contribution is -0.152. The summed E-state index contributed by atoms with van der Waals surface area (Å²) in [7, 11) is 0. The summed E-state index contributed by atoms with van der Waals surface area (Å²) in [5, 5.41) is 8.91. The number of carbonyl (C=O) groups is 1. The molecular weight excluding hydrogens is 204 g/mol. The highest BCUT2D eigenvalue weighted by Crippen LogP contribution is 2.15. The molecular formula is C13H26O3. The van der Waals surface area contributed by atoms with Gasteiger partial charge in [-0.05, 0) is 25.2 Å². The minimum atomic E-state index is -1.00. The molecule has 2 unspecified atom stereocenters. The fourth-order valence-corrected chi connectivity index (χ4v) is 1.50. The molecule has 3 nitrogen and oxygen atoms in total. The smallest absolute Gasteiger partial charge is 0.334 e.